The molecule has 0 aromatic heterocycles. The Bertz CT molecular complexity index is 81.1. The summed E-state index contributed by atoms with van der Waals surface area (Å²) in [6.45, 7) is 2.35. The minimum Gasteiger partial charge on any atom is -0.391 e. The van der Waals surface area contributed by atoms with Gasteiger partial charge in [-0.15, -0.1) is 0 Å². The molecule has 3 heteroatoms. The molecule has 0 aromatic carbocycles. The van der Waals surface area contributed by atoms with Crippen LogP contribution in [-0.4, -0.2) is 30.8 Å². The van der Waals surface area contributed by atoms with Crippen LogP contribution >= 0.6 is 0 Å². The first-order valence-electron chi connectivity index (χ1n) is 3.43. The minimum atomic E-state index is -0.292. The molecule has 0 aromatic rings. The van der Waals surface area contributed by atoms with E-state index in [9.17, 15) is 5.11 Å². The van der Waals surface area contributed by atoms with E-state index in [1.807, 2.05) is 0 Å². The smallest absolute Gasteiger partial charge is 0.0703 e. The molecular formula is C6H14N2O. The van der Waals surface area contributed by atoms with E-state index < -0.39 is 0 Å². The molecule has 2 atom stereocenters. The monoisotopic (exact) mass is 130 g/mol. The Hall–Kier alpha value is -0.120. The Morgan fingerprint density at radius 2 is 2.56 bits per heavy atom. The van der Waals surface area contributed by atoms with E-state index >= 15 is 0 Å². The van der Waals surface area contributed by atoms with Crippen molar-refractivity contribution >= 4 is 0 Å². The summed E-state index contributed by atoms with van der Waals surface area (Å²) in [6.07, 6.45) is 0.776. The van der Waals surface area contributed by atoms with E-state index in [1.54, 1.807) is 0 Å². The van der Waals surface area contributed by atoms with Crippen molar-refractivity contribution in [2.24, 2.45) is 11.7 Å². The third-order valence-electron chi connectivity index (χ3n) is 1.88. The van der Waals surface area contributed by atoms with Gasteiger partial charge < -0.3 is 16.2 Å². The van der Waals surface area contributed by atoms with E-state index in [2.05, 4.69) is 5.32 Å². The number of hydrogen-bond acceptors (Lipinski definition) is 3. The third-order valence-corrected chi connectivity index (χ3v) is 1.88. The summed E-state index contributed by atoms with van der Waals surface area (Å²) < 4.78 is 0. The number of aliphatic hydroxyl groups is 1. The molecule has 0 radical (unpaired) electrons. The topological polar surface area (TPSA) is 58.3 Å². The Morgan fingerprint density at radius 3 is 3.00 bits per heavy atom. The van der Waals surface area contributed by atoms with Crippen LogP contribution < -0.4 is 11.1 Å². The van der Waals surface area contributed by atoms with Crippen molar-refractivity contribution < 1.29 is 5.11 Å². The second kappa shape index (κ2) is 3.15. The summed E-state index contributed by atoms with van der Waals surface area (Å²) in [6, 6.07) is 0. The molecule has 9 heavy (non-hydrogen) atoms. The largest absolute Gasteiger partial charge is 0.391 e. The molecular weight excluding hydrogens is 116 g/mol. The Morgan fingerprint density at radius 1 is 1.78 bits per heavy atom. The summed E-state index contributed by atoms with van der Waals surface area (Å²) in [5, 5.41) is 12.4. The van der Waals surface area contributed by atoms with Crippen molar-refractivity contribution in [1.82, 2.24) is 5.32 Å². The highest BCUT2D eigenvalue weighted by molar-refractivity contribution is 4.77. The first-order valence-corrected chi connectivity index (χ1v) is 3.43. The maximum Gasteiger partial charge on any atom is 0.0703 e. The lowest BCUT2D eigenvalue weighted by molar-refractivity contribution is 0.125. The van der Waals surface area contributed by atoms with Gasteiger partial charge in [0.2, 0.25) is 0 Å². The van der Waals surface area contributed by atoms with Gasteiger partial charge in [-0.2, -0.15) is 0 Å². The number of hydrogen-bond donors (Lipinski definition) is 3. The van der Waals surface area contributed by atoms with Crippen LogP contribution in [-0.2, 0) is 0 Å². The molecule has 4 N–H and O–H groups in total. The average molecular weight is 130 g/mol. The van der Waals surface area contributed by atoms with Gasteiger partial charge in [-0.1, -0.05) is 0 Å². The lowest BCUT2D eigenvalue weighted by atomic mass is 10.0. The fourth-order valence-corrected chi connectivity index (χ4v) is 1.20. The molecule has 0 aliphatic carbocycles. The van der Waals surface area contributed by atoms with E-state index in [-0.39, 0.29) is 6.10 Å². The molecule has 54 valence electrons. The molecule has 1 fully saturated rings. The second-order valence-corrected chi connectivity index (χ2v) is 2.56. The first-order chi connectivity index (χ1) is 4.34. The van der Waals surface area contributed by atoms with Crippen LogP contribution in [0.25, 0.3) is 0 Å². The molecule has 1 heterocycles. The maximum absolute atomic E-state index is 9.19. The Balaban J connectivity index is 2.24. The second-order valence-electron chi connectivity index (χ2n) is 2.56. The van der Waals surface area contributed by atoms with Gasteiger partial charge >= 0.3 is 0 Å². The lowest BCUT2D eigenvalue weighted by Gasteiger charge is -2.13. The summed E-state index contributed by atoms with van der Waals surface area (Å²) >= 11 is 0. The number of nitrogens with two attached hydrogens (primary N) is 1. The molecule has 1 aliphatic rings. The highest BCUT2D eigenvalue weighted by atomic mass is 16.3. The van der Waals surface area contributed by atoms with E-state index in [0.29, 0.717) is 12.5 Å². The summed E-state index contributed by atoms with van der Waals surface area (Å²) in [4.78, 5) is 0. The SMILES string of the molecule is NCC(O)C1CCNC1. The molecule has 0 amide bonds. The quantitative estimate of drug-likeness (QED) is 0.445. The zero-order valence-electron chi connectivity index (χ0n) is 5.51. The maximum atomic E-state index is 9.19. The zero-order valence-corrected chi connectivity index (χ0v) is 5.51. The van der Waals surface area contributed by atoms with Gasteiger partial charge in [-0.25, -0.2) is 0 Å². The van der Waals surface area contributed by atoms with E-state index in [1.165, 1.54) is 0 Å². The van der Waals surface area contributed by atoms with E-state index in [4.69, 9.17) is 5.73 Å². The lowest BCUT2D eigenvalue weighted by Crippen LogP contribution is -2.30. The molecule has 1 rings (SSSR count). The number of rotatable bonds is 2. The van der Waals surface area contributed by atoms with Gasteiger partial charge in [-0.3, -0.25) is 0 Å². The van der Waals surface area contributed by atoms with Crippen LogP contribution in [0.5, 0.6) is 0 Å². The minimum absolute atomic E-state index is 0.292. The van der Waals surface area contributed by atoms with Crippen LogP contribution in [0.4, 0.5) is 0 Å². The van der Waals surface area contributed by atoms with Crippen LogP contribution in [0, 0.1) is 5.92 Å². The summed E-state index contributed by atoms with van der Waals surface area (Å²) in [5.74, 6) is 0.398. The number of aliphatic hydroxyl groups excluding tert-OH is 1. The molecule has 3 nitrogen and oxygen atoms in total. The fraction of sp³-hybridized carbons (Fsp3) is 1.00. The van der Waals surface area contributed by atoms with Crippen molar-refractivity contribution in [2.45, 2.75) is 12.5 Å². The highest BCUT2D eigenvalue weighted by Gasteiger charge is 2.20. The van der Waals surface area contributed by atoms with Crippen molar-refractivity contribution in [3.63, 3.8) is 0 Å². The van der Waals surface area contributed by atoms with Crippen molar-refractivity contribution in [3.05, 3.63) is 0 Å². The van der Waals surface area contributed by atoms with Crippen LogP contribution in [0.15, 0.2) is 0 Å². The van der Waals surface area contributed by atoms with Gasteiger partial charge in [0.15, 0.2) is 0 Å². The van der Waals surface area contributed by atoms with E-state index in [0.717, 1.165) is 19.5 Å². The summed E-state index contributed by atoms with van der Waals surface area (Å²) in [5.41, 5.74) is 5.27. The predicted octanol–water partition coefficient (Wildman–Crippen LogP) is -1.08. The van der Waals surface area contributed by atoms with Gasteiger partial charge in [-0.05, 0) is 18.9 Å². The zero-order chi connectivity index (χ0) is 6.69. The molecule has 1 saturated heterocycles. The van der Waals surface area contributed by atoms with Crippen molar-refractivity contribution in [3.8, 4) is 0 Å². The molecule has 2 unspecified atom stereocenters. The Labute approximate surface area is 55.2 Å². The van der Waals surface area contributed by atoms with Gasteiger partial charge in [0.25, 0.3) is 0 Å². The van der Waals surface area contributed by atoms with Crippen LogP contribution in [0.2, 0.25) is 0 Å². The summed E-state index contributed by atoms with van der Waals surface area (Å²) in [7, 11) is 0. The van der Waals surface area contributed by atoms with Gasteiger partial charge in [0, 0.05) is 13.1 Å². The average Bonchev–Trinajstić information content (AvgIpc) is 2.37. The molecule has 0 saturated carbocycles. The fourth-order valence-electron chi connectivity index (χ4n) is 1.20. The van der Waals surface area contributed by atoms with Crippen LogP contribution in [0.1, 0.15) is 6.42 Å². The van der Waals surface area contributed by atoms with Crippen molar-refractivity contribution in [1.29, 1.82) is 0 Å². The van der Waals surface area contributed by atoms with Crippen molar-refractivity contribution in [2.75, 3.05) is 19.6 Å². The normalized spacial score (nSPS) is 30.7. The molecule has 0 bridgehead atoms. The highest BCUT2D eigenvalue weighted by Crippen LogP contribution is 2.10. The molecule has 0 spiro atoms. The third kappa shape index (κ3) is 1.64. The predicted molar refractivity (Wildman–Crippen MR) is 36.0 cm³/mol. The molecule has 1 aliphatic heterocycles. The standard InChI is InChI=1S/C6H14N2O/c7-3-6(9)5-1-2-8-4-5/h5-6,8-9H,1-4,7H2. The Kier molecular flexibility index (Phi) is 2.45. The van der Waals surface area contributed by atoms with Gasteiger partial charge in [0.05, 0.1) is 6.10 Å². The number of nitrogens with one attached hydrogen (secondary N) is 1. The van der Waals surface area contributed by atoms with Crippen LogP contribution in [0.3, 0.4) is 0 Å². The first kappa shape index (κ1) is 6.99. The van der Waals surface area contributed by atoms with Gasteiger partial charge in [0.1, 0.15) is 0 Å².